The van der Waals surface area contributed by atoms with Crippen molar-refractivity contribution in [3.63, 3.8) is 0 Å². The Kier molecular flexibility index (Phi) is 2.68. The molecular weight excluding hydrogens is 207 g/mol. The molecule has 0 unspecified atom stereocenters. The van der Waals surface area contributed by atoms with Gasteiger partial charge < -0.3 is 11.1 Å². The van der Waals surface area contributed by atoms with Crippen LogP contribution in [0.5, 0.6) is 0 Å². The summed E-state index contributed by atoms with van der Waals surface area (Å²) >= 11 is 0. The van der Waals surface area contributed by atoms with Crippen molar-refractivity contribution in [2.45, 2.75) is 25.3 Å². The lowest BCUT2D eigenvalue weighted by atomic mass is 10.1. The number of carbonyl (C=O) groups excluding carboxylic acids is 1. The monoisotopic (exact) mass is 222 g/mol. The van der Waals surface area contributed by atoms with Gasteiger partial charge in [0.05, 0.1) is 11.1 Å². The van der Waals surface area contributed by atoms with Crippen LogP contribution in [0.2, 0.25) is 0 Å². The molecule has 1 aliphatic carbocycles. The third-order valence-corrected chi connectivity index (χ3v) is 2.99. The lowest BCUT2D eigenvalue weighted by molar-refractivity contribution is 0.0929. The first-order valence-corrected chi connectivity index (χ1v) is 5.35. The van der Waals surface area contributed by atoms with Crippen molar-refractivity contribution in [1.29, 1.82) is 0 Å². The summed E-state index contributed by atoms with van der Waals surface area (Å²) in [6.07, 6.45) is 1.76. The van der Waals surface area contributed by atoms with E-state index in [1.54, 1.807) is 13.0 Å². The third kappa shape index (κ3) is 2.07. The molecule has 1 aliphatic rings. The normalized spacial score (nSPS) is 16.9. The second kappa shape index (κ2) is 3.87. The zero-order valence-electron chi connectivity index (χ0n) is 9.22. The van der Waals surface area contributed by atoms with Crippen LogP contribution >= 0.6 is 0 Å². The van der Waals surface area contributed by atoms with Gasteiger partial charge in [0.15, 0.2) is 0 Å². The minimum absolute atomic E-state index is 0.0883. The highest BCUT2D eigenvalue weighted by molar-refractivity contribution is 5.95. The van der Waals surface area contributed by atoms with E-state index in [0.717, 1.165) is 18.4 Å². The summed E-state index contributed by atoms with van der Waals surface area (Å²) in [5.41, 5.74) is 6.15. The quantitative estimate of drug-likeness (QED) is 0.811. The van der Waals surface area contributed by atoms with Crippen LogP contribution in [0.4, 0.5) is 4.39 Å². The second-order valence-corrected chi connectivity index (χ2v) is 4.42. The maximum absolute atomic E-state index is 13.5. The van der Waals surface area contributed by atoms with Crippen molar-refractivity contribution >= 4 is 5.91 Å². The molecule has 86 valence electrons. The van der Waals surface area contributed by atoms with E-state index in [9.17, 15) is 9.18 Å². The molecule has 0 bridgehead atoms. The van der Waals surface area contributed by atoms with Crippen LogP contribution in [-0.4, -0.2) is 18.0 Å². The zero-order valence-corrected chi connectivity index (χ0v) is 9.22. The van der Waals surface area contributed by atoms with Gasteiger partial charge in [-0.15, -0.1) is 0 Å². The number of aryl methyl sites for hydroxylation is 1. The van der Waals surface area contributed by atoms with E-state index in [-0.39, 0.29) is 17.0 Å². The van der Waals surface area contributed by atoms with Gasteiger partial charge in [0.1, 0.15) is 5.82 Å². The van der Waals surface area contributed by atoms with E-state index in [1.165, 1.54) is 12.1 Å². The van der Waals surface area contributed by atoms with Gasteiger partial charge in [0.2, 0.25) is 0 Å². The largest absolute Gasteiger partial charge is 0.345 e. The van der Waals surface area contributed by atoms with Gasteiger partial charge in [-0.3, -0.25) is 4.79 Å². The molecule has 0 aliphatic heterocycles. The first kappa shape index (κ1) is 11.1. The molecule has 1 aromatic rings. The van der Waals surface area contributed by atoms with Gasteiger partial charge in [-0.25, -0.2) is 4.39 Å². The molecule has 3 N–H and O–H groups in total. The maximum atomic E-state index is 13.5. The summed E-state index contributed by atoms with van der Waals surface area (Å²) in [6.45, 7) is 2.19. The summed E-state index contributed by atoms with van der Waals surface area (Å²) in [5, 5.41) is 2.79. The van der Waals surface area contributed by atoms with Crippen LogP contribution in [0, 0.1) is 12.7 Å². The number of nitrogens with two attached hydrogens (primary N) is 1. The first-order valence-electron chi connectivity index (χ1n) is 5.35. The van der Waals surface area contributed by atoms with Gasteiger partial charge in [-0.05, 0) is 37.5 Å². The van der Waals surface area contributed by atoms with E-state index in [0.29, 0.717) is 6.54 Å². The predicted molar refractivity (Wildman–Crippen MR) is 59.6 cm³/mol. The Bertz CT molecular complexity index is 427. The molecule has 0 radical (unpaired) electrons. The van der Waals surface area contributed by atoms with Crippen molar-refractivity contribution in [2.24, 2.45) is 5.73 Å². The standard InChI is InChI=1S/C12H15FN2O/c1-8-2-3-9(10(13)6-8)11(16)15-12(7-14)4-5-12/h2-3,6H,4-5,7,14H2,1H3,(H,15,16). The molecule has 0 atom stereocenters. The topological polar surface area (TPSA) is 55.1 Å². The molecule has 16 heavy (non-hydrogen) atoms. The van der Waals surface area contributed by atoms with Gasteiger partial charge >= 0.3 is 0 Å². The molecule has 0 aromatic heterocycles. The van der Waals surface area contributed by atoms with Crippen LogP contribution in [0.1, 0.15) is 28.8 Å². The number of amides is 1. The summed E-state index contributed by atoms with van der Waals surface area (Å²) in [5.74, 6) is -0.856. The Hall–Kier alpha value is -1.42. The highest BCUT2D eigenvalue weighted by atomic mass is 19.1. The van der Waals surface area contributed by atoms with Crippen LogP contribution in [-0.2, 0) is 0 Å². The molecule has 4 heteroatoms. The number of nitrogens with one attached hydrogen (secondary N) is 1. The SMILES string of the molecule is Cc1ccc(C(=O)NC2(CN)CC2)c(F)c1. The van der Waals surface area contributed by atoms with Crippen molar-refractivity contribution in [2.75, 3.05) is 6.54 Å². The molecule has 0 heterocycles. The van der Waals surface area contributed by atoms with Crippen molar-refractivity contribution in [3.05, 3.63) is 35.1 Å². The van der Waals surface area contributed by atoms with E-state index in [2.05, 4.69) is 5.32 Å². The highest BCUT2D eigenvalue weighted by Gasteiger charge is 2.42. The van der Waals surface area contributed by atoms with Gasteiger partial charge in [0, 0.05) is 6.54 Å². The Morgan fingerprint density at radius 2 is 2.25 bits per heavy atom. The molecule has 0 saturated heterocycles. The summed E-state index contributed by atoms with van der Waals surface area (Å²) in [6, 6.07) is 4.59. The Balaban J connectivity index is 2.15. The minimum Gasteiger partial charge on any atom is -0.345 e. The average molecular weight is 222 g/mol. The Morgan fingerprint density at radius 3 is 2.75 bits per heavy atom. The van der Waals surface area contributed by atoms with E-state index in [1.807, 2.05) is 0 Å². The van der Waals surface area contributed by atoms with E-state index < -0.39 is 5.82 Å². The summed E-state index contributed by atoms with van der Waals surface area (Å²) < 4.78 is 13.5. The fourth-order valence-corrected chi connectivity index (χ4v) is 1.64. The number of benzene rings is 1. The fraction of sp³-hybridized carbons (Fsp3) is 0.417. The van der Waals surface area contributed by atoms with Crippen LogP contribution < -0.4 is 11.1 Å². The van der Waals surface area contributed by atoms with Crippen LogP contribution in [0.25, 0.3) is 0 Å². The number of halogens is 1. The fourth-order valence-electron chi connectivity index (χ4n) is 1.64. The van der Waals surface area contributed by atoms with Crippen LogP contribution in [0.15, 0.2) is 18.2 Å². The Morgan fingerprint density at radius 1 is 1.56 bits per heavy atom. The number of hydrogen-bond donors (Lipinski definition) is 2. The van der Waals surface area contributed by atoms with Crippen molar-refractivity contribution in [1.82, 2.24) is 5.32 Å². The predicted octanol–water partition coefficient (Wildman–Crippen LogP) is 1.36. The van der Waals surface area contributed by atoms with Gasteiger partial charge in [0.25, 0.3) is 5.91 Å². The van der Waals surface area contributed by atoms with Gasteiger partial charge in [-0.1, -0.05) is 6.07 Å². The third-order valence-electron chi connectivity index (χ3n) is 2.99. The lowest BCUT2D eigenvalue weighted by Gasteiger charge is -2.15. The molecule has 1 fully saturated rings. The molecule has 2 rings (SSSR count). The zero-order chi connectivity index (χ0) is 11.8. The average Bonchev–Trinajstić information content (AvgIpc) is 2.98. The molecular formula is C12H15FN2O. The molecule has 1 saturated carbocycles. The molecule has 3 nitrogen and oxygen atoms in total. The smallest absolute Gasteiger partial charge is 0.254 e. The highest BCUT2D eigenvalue weighted by Crippen LogP contribution is 2.34. The Labute approximate surface area is 93.8 Å². The van der Waals surface area contributed by atoms with E-state index in [4.69, 9.17) is 5.73 Å². The van der Waals surface area contributed by atoms with Crippen molar-refractivity contribution in [3.8, 4) is 0 Å². The minimum atomic E-state index is -0.481. The van der Waals surface area contributed by atoms with Gasteiger partial charge in [-0.2, -0.15) is 0 Å². The van der Waals surface area contributed by atoms with Crippen molar-refractivity contribution < 1.29 is 9.18 Å². The van der Waals surface area contributed by atoms with E-state index >= 15 is 0 Å². The first-order chi connectivity index (χ1) is 7.56. The lowest BCUT2D eigenvalue weighted by Crippen LogP contribution is -2.42. The molecule has 1 amide bonds. The summed E-state index contributed by atoms with van der Waals surface area (Å²) in [7, 11) is 0. The maximum Gasteiger partial charge on any atom is 0.254 e. The van der Waals surface area contributed by atoms with Crippen LogP contribution in [0.3, 0.4) is 0 Å². The number of rotatable bonds is 3. The number of carbonyl (C=O) groups is 1. The summed E-state index contributed by atoms with van der Waals surface area (Å²) in [4.78, 5) is 11.8. The molecule has 0 spiro atoms. The number of hydrogen-bond acceptors (Lipinski definition) is 2. The second-order valence-electron chi connectivity index (χ2n) is 4.42. The molecule has 1 aromatic carbocycles.